The Hall–Kier alpha value is -2.33. The van der Waals surface area contributed by atoms with Crippen LogP contribution in [0.25, 0.3) is 0 Å². The Morgan fingerprint density at radius 1 is 1.12 bits per heavy atom. The maximum Gasteiger partial charge on any atom is 0.333 e. The number of ether oxygens (including phenoxy) is 1. The predicted octanol–water partition coefficient (Wildman–Crippen LogP) is -0.997. The molecule has 2 aromatic rings. The number of nitrogens with zero attached hydrogens (tertiary/aromatic N) is 2. The lowest BCUT2D eigenvalue weighted by molar-refractivity contribution is -0.0556. The molecule has 2 unspecified atom stereocenters. The summed E-state index contributed by atoms with van der Waals surface area (Å²) in [6.45, 7) is -0.593. The molecule has 0 bridgehead atoms. The van der Waals surface area contributed by atoms with Crippen LogP contribution in [0.1, 0.15) is 11.8 Å². The number of rotatable bonds is 5. The number of aromatic nitrogens is 2. The van der Waals surface area contributed by atoms with Crippen molar-refractivity contribution < 1.29 is 24.4 Å². The van der Waals surface area contributed by atoms with Crippen molar-refractivity contribution >= 4 is 0 Å². The standard InChI is InChI=1S/C17H19FN2O6/c18-11-4-2-1-3-10(11)5-7-19-13(22)6-8-20(17(19)25)16-15(24)14(23)12(9-21)26-16/h1-4,6,8,12,14-16,21,23-24H,5,7,9H2/t12-,14?,15?,16-/m1/s1. The van der Waals surface area contributed by atoms with Crippen molar-refractivity contribution in [3.8, 4) is 0 Å². The number of hydrogen-bond donors (Lipinski definition) is 3. The normalized spacial score (nSPS) is 25.5. The number of aryl methyl sites for hydroxylation is 1. The summed E-state index contributed by atoms with van der Waals surface area (Å²) in [6.07, 6.45) is -3.80. The number of halogens is 1. The quantitative estimate of drug-likeness (QED) is 0.626. The smallest absolute Gasteiger partial charge is 0.333 e. The largest absolute Gasteiger partial charge is 0.394 e. The highest BCUT2D eigenvalue weighted by molar-refractivity contribution is 5.17. The molecule has 140 valence electrons. The van der Waals surface area contributed by atoms with E-state index in [9.17, 15) is 24.2 Å². The Morgan fingerprint density at radius 3 is 2.50 bits per heavy atom. The van der Waals surface area contributed by atoms with Crippen LogP contribution in [0.15, 0.2) is 46.1 Å². The van der Waals surface area contributed by atoms with Gasteiger partial charge >= 0.3 is 5.69 Å². The van der Waals surface area contributed by atoms with Gasteiger partial charge in [-0.2, -0.15) is 0 Å². The molecule has 0 aliphatic carbocycles. The topological polar surface area (TPSA) is 114 Å². The highest BCUT2D eigenvalue weighted by Gasteiger charge is 2.43. The summed E-state index contributed by atoms with van der Waals surface area (Å²) in [7, 11) is 0. The molecule has 2 heterocycles. The fraction of sp³-hybridized carbons (Fsp3) is 0.412. The molecule has 26 heavy (non-hydrogen) atoms. The van der Waals surface area contributed by atoms with Crippen LogP contribution in [0.5, 0.6) is 0 Å². The number of benzene rings is 1. The van der Waals surface area contributed by atoms with Crippen molar-refractivity contribution in [1.82, 2.24) is 9.13 Å². The fourth-order valence-corrected chi connectivity index (χ4v) is 2.97. The van der Waals surface area contributed by atoms with Gasteiger partial charge < -0.3 is 20.1 Å². The van der Waals surface area contributed by atoms with Gasteiger partial charge in [0, 0.05) is 18.8 Å². The van der Waals surface area contributed by atoms with Gasteiger partial charge in [0.25, 0.3) is 5.56 Å². The zero-order valence-corrected chi connectivity index (χ0v) is 13.7. The molecule has 0 amide bonds. The zero-order chi connectivity index (χ0) is 18.8. The van der Waals surface area contributed by atoms with E-state index in [-0.39, 0.29) is 13.0 Å². The molecule has 1 aliphatic heterocycles. The van der Waals surface area contributed by atoms with E-state index >= 15 is 0 Å². The molecule has 1 aromatic heterocycles. The van der Waals surface area contributed by atoms with Gasteiger partial charge in [0.1, 0.15) is 24.1 Å². The molecule has 4 atom stereocenters. The van der Waals surface area contributed by atoms with Gasteiger partial charge in [-0.25, -0.2) is 9.18 Å². The molecule has 1 aliphatic rings. The van der Waals surface area contributed by atoms with Crippen LogP contribution >= 0.6 is 0 Å². The van der Waals surface area contributed by atoms with Crippen molar-refractivity contribution in [1.29, 1.82) is 0 Å². The maximum atomic E-state index is 13.7. The zero-order valence-electron chi connectivity index (χ0n) is 13.7. The molecule has 1 fully saturated rings. The lowest BCUT2D eigenvalue weighted by atomic mass is 10.1. The van der Waals surface area contributed by atoms with Crippen LogP contribution in [-0.2, 0) is 17.7 Å². The van der Waals surface area contributed by atoms with Gasteiger partial charge in [-0.3, -0.25) is 13.9 Å². The van der Waals surface area contributed by atoms with Gasteiger partial charge in [-0.15, -0.1) is 0 Å². The van der Waals surface area contributed by atoms with E-state index in [0.717, 1.165) is 21.4 Å². The summed E-state index contributed by atoms with van der Waals surface area (Å²) in [6, 6.07) is 7.18. The third-order valence-electron chi connectivity index (χ3n) is 4.45. The van der Waals surface area contributed by atoms with Crippen LogP contribution < -0.4 is 11.2 Å². The Balaban J connectivity index is 1.89. The van der Waals surface area contributed by atoms with Crippen molar-refractivity contribution in [2.24, 2.45) is 0 Å². The molecule has 3 N–H and O–H groups in total. The molecule has 0 radical (unpaired) electrons. The van der Waals surface area contributed by atoms with Crippen LogP contribution in [0, 0.1) is 5.82 Å². The average Bonchev–Trinajstić information content (AvgIpc) is 2.91. The maximum absolute atomic E-state index is 13.7. The van der Waals surface area contributed by atoms with Crippen molar-refractivity contribution in [3.63, 3.8) is 0 Å². The van der Waals surface area contributed by atoms with Crippen LogP contribution in [0.3, 0.4) is 0 Å². The first-order chi connectivity index (χ1) is 12.4. The molecule has 3 rings (SSSR count). The second-order valence-corrected chi connectivity index (χ2v) is 6.07. The highest BCUT2D eigenvalue weighted by Crippen LogP contribution is 2.27. The Bertz CT molecular complexity index is 895. The first-order valence-electron chi connectivity index (χ1n) is 8.12. The predicted molar refractivity (Wildman–Crippen MR) is 88.1 cm³/mol. The SMILES string of the molecule is O=c1ccn([C@@H]2O[C@H](CO)C(O)C2O)c(=O)n1CCc1ccccc1F. The van der Waals surface area contributed by atoms with Gasteiger partial charge in [-0.1, -0.05) is 18.2 Å². The van der Waals surface area contributed by atoms with Crippen molar-refractivity contribution in [2.75, 3.05) is 6.61 Å². The molecule has 8 nitrogen and oxygen atoms in total. The van der Waals surface area contributed by atoms with Crippen molar-refractivity contribution in [2.45, 2.75) is 37.5 Å². The average molecular weight is 366 g/mol. The third kappa shape index (κ3) is 3.34. The van der Waals surface area contributed by atoms with E-state index in [1.165, 1.54) is 6.07 Å². The first kappa shape index (κ1) is 18.5. The fourth-order valence-electron chi connectivity index (χ4n) is 2.97. The molecule has 0 saturated carbocycles. The molecule has 0 spiro atoms. The van der Waals surface area contributed by atoms with Crippen LogP contribution in [0.2, 0.25) is 0 Å². The minimum absolute atomic E-state index is 0.0613. The first-order valence-corrected chi connectivity index (χ1v) is 8.12. The minimum atomic E-state index is -1.44. The summed E-state index contributed by atoms with van der Waals surface area (Å²) in [5, 5.41) is 29.0. The monoisotopic (exact) mass is 366 g/mol. The summed E-state index contributed by atoms with van der Waals surface area (Å²) < 4.78 is 20.9. The molecule has 1 saturated heterocycles. The Morgan fingerprint density at radius 2 is 1.85 bits per heavy atom. The Kier molecular flexibility index (Phi) is 5.33. The van der Waals surface area contributed by atoms with E-state index in [4.69, 9.17) is 9.84 Å². The lowest BCUT2D eigenvalue weighted by Gasteiger charge is -2.18. The summed E-state index contributed by atoms with van der Waals surface area (Å²) in [5.74, 6) is -0.430. The molecule has 1 aromatic carbocycles. The summed E-state index contributed by atoms with van der Waals surface area (Å²) in [4.78, 5) is 24.7. The van der Waals surface area contributed by atoms with E-state index in [1.807, 2.05) is 0 Å². The van der Waals surface area contributed by atoms with Gasteiger partial charge in [0.2, 0.25) is 0 Å². The van der Waals surface area contributed by atoms with E-state index in [1.54, 1.807) is 18.2 Å². The van der Waals surface area contributed by atoms with Crippen molar-refractivity contribution in [3.05, 3.63) is 68.7 Å². The van der Waals surface area contributed by atoms with E-state index in [2.05, 4.69) is 0 Å². The summed E-state index contributed by atoms with van der Waals surface area (Å²) in [5.41, 5.74) is -0.972. The van der Waals surface area contributed by atoms with E-state index < -0.39 is 48.2 Å². The number of aliphatic hydroxyl groups excluding tert-OH is 3. The number of hydrogen-bond acceptors (Lipinski definition) is 6. The summed E-state index contributed by atoms with van der Waals surface area (Å²) >= 11 is 0. The Labute approximate surface area is 147 Å². The molecule has 9 heteroatoms. The second kappa shape index (κ2) is 7.50. The third-order valence-corrected chi connectivity index (χ3v) is 4.45. The van der Waals surface area contributed by atoms with Crippen LogP contribution in [-0.4, -0.2) is 49.4 Å². The highest BCUT2D eigenvalue weighted by atomic mass is 19.1. The van der Waals surface area contributed by atoms with Gasteiger partial charge in [-0.05, 0) is 18.1 Å². The lowest BCUT2D eigenvalue weighted by Crippen LogP contribution is -2.43. The van der Waals surface area contributed by atoms with E-state index in [0.29, 0.717) is 5.56 Å². The minimum Gasteiger partial charge on any atom is -0.394 e. The number of aliphatic hydroxyl groups is 3. The second-order valence-electron chi connectivity index (χ2n) is 6.07. The molecular formula is C17H19FN2O6. The van der Waals surface area contributed by atoms with Crippen LogP contribution in [0.4, 0.5) is 4.39 Å². The van der Waals surface area contributed by atoms with Gasteiger partial charge in [0.15, 0.2) is 6.23 Å². The molecular weight excluding hydrogens is 347 g/mol. The van der Waals surface area contributed by atoms with Gasteiger partial charge in [0.05, 0.1) is 6.61 Å².